The third-order valence-electron chi connectivity index (χ3n) is 4.38. The molecule has 1 aliphatic carbocycles. The van der Waals surface area contributed by atoms with Gasteiger partial charge >= 0.3 is 0 Å². The van der Waals surface area contributed by atoms with Crippen molar-refractivity contribution in [1.29, 1.82) is 0 Å². The van der Waals surface area contributed by atoms with Crippen LogP contribution in [0.25, 0.3) is 10.9 Å². The summed E-state index contributed by atoms with van der Waals surface area (Å²) in [7, 11) is 0. The minimum atomic E-state index is -0.414. The minimum Gasteiger partial charge on any atom is -0.365 e. The van der Waals surface area contributed by atoms with Crippen LogP contribution in [0.15, 0.2) is 30.3 Å². The molecule has 1 amide bonds. The normalized spacial score (nSPS) is 21.0. The minimum absolute atomic E-state index is 0.0569. The summed E-state index contributed by atoms with van der Waals surface area (Å²) in [4.78, 5) is 28.8. The molecule has 1 aromatic heterocycles. The number of anilines is 1. The lowest BCUT2D eigenvalue weighted by Gasteiger charge is -2.16. The van der Waals surface area contributed by atoms with E-state index < -0.39 is 4.92 Å². The lowest BCUT2D eigenvalue weighted by atomic mass is 10.2. The van der Waals surface area contributed by atoms with Crippen molar-refractivity contribution in [2.45, 2.75) is 31.3 Å². The maximum absolute atomic E-state index is 12.0. The van der Waals surface area contributed by atoms with Gasteiger partial charge in [0.1, 0.15) is 5.82 Å². The van der Waals surface area contributed by atoms with E-state index in [1.54, 1.807) is 12.1 Å². The first-order valence-electron chi connectivity index (χ1n) is 7.71. The number of nitro benzene ring substituents is 1. The Labute approximate surface area is 132 Å². The number of hydrogen-bond acceptors (Lipinski definition) is 5. The highest BCUT2D eigenvalue weighted by Gasteiger charge is 2.39. The SMILES string of the molecule is O=C1CC(Nc2ccc3cc([N+](=O)[O-])ccc3n2)CN1C1CC1. The molecule has 1 aliphatic heterocycles. The van der Waals surface area contributed by atoms with Crippen molar-refractivity contribution in [3.63, 3.8) is 0 Å². The Bertz CT molecular complexity index is 803. The van der Waals surface area contributed by atoms with Gasteiger partial charge in [0.05, 0.1) is 16.5 Å². The number of hydrogen-bond donors (Lipinski definition) is 1. The molecule has 0 bridgehead atoms. The number of carbonyl (C=O) groups excluding carboxylic acids is 1. The number of pyridine rings is 1. The Balaban J connectivity index is 1.52. The summed E-state index contributed by atoms with van der Waals surface area (Å²) in [6, 6.07) is 8.75. The molecular formula is C16H16N4O3. The van der Waals surface area contributed by atoms with Crippen LogP contribution >= 0.6 is 0 Å². The predicted octanol–water partition coefficient (Wildman–Crippen LogP) is 2.32. The van der Waals surface area contributed by atoms with E-state index in [4.69, 9.17) is 0 Å². The third-order valence-corrected chi connectivity index (χ3v) is 4.38. The Morgan fingerprint density at radius 1 is 1.26 bits per heavy atom. The van der Waals surface area contributed by atoms with Crippen molar-refractivity contribution in [2.24, 2.45) is 0 Å². The fraction of sp³-hybridized carbons (Fsp3) is 0.375. The van der Waals surface area contributed by atoms with E-state index in [0.717, 1.165) is 24.8 Å². The lowest BCUT2D eigenvalue weighted by molar-refractivity contribution is -0.384. The summed E-state index contributed by atoms with van der Waals surface area (Å²) in [6.45, 7) is 0.726. The highest BCUT2D eigenvalue weighted by atomic mass is 16.6. The van der Waals surface area contributed by atoms with Crippen molar-refractivity contribution >= 4 is 28.3 Å². The van der Waals surface area contributed by atoms with Crippen molar-refractivity contribution in [1.82, 2.24) is 9.88 Å². The van der Waals surface area contributed by atoms with Gasteiger partial charge in [0, 0.05) is 36.5 Å². The van der Waals surface area contributed by atoms with Gasteiger partial charge in [-0.2, -0.15) is 0 Å². The van der Waals surface area contributed by atoms with Crippen LogP contribution < -0.4 is 5.32 Å². The number of benzene rings is 1. The van der Waals surface area contributed by atoms with Crippen molar-refractivity contribution in [3.05, 3.63) is 40.4 Å². The summed E-state index contributed by atoms with van der Waals surface area (Å²) in [5.74, 6) is 0.906. The van der Waals surface area contributed by atoms with Gasteiger partial charge in [0.25, 0.3) is 5.69 Å². The number of amides is 1. The molecule has 1 aromatic carbocycles. The van der Waals surface area contributed by atoms with Crippen molar-refractivity contribution < 1.29 is 9.72 Å². The molecule has 7 heteroatoms. The highest BCUT2D eigenvalue weighted by Crippen LogP contribution is 2.31. The lowest BCUT2D eigenvalue weighted by Crippen LogP contribution is -2.29. The second-order valence-electron chi connectivity index (χ2n) is 6.15. The third kappa shape index (κ3) is 2.69. The summed E-state index contributed by atoms with van der Waals surface area (Å²) < 4.78 is 0. The largest absolute Gasteiger partial charge is 0.365 e. The number of aromatic nitrogens is 1. The van der Waals surface area contributed by atoms with Crippen LogP contribution in [0.5, 0.6) is 0 Å². The molecule has 4 rings (SSSR count). The van der Waals surface area contributed by atoms with Gasteiger partial charge in [-0.15, -0.1) is 0 Å². The van der Waals surface area contributed by atoms with Gasteiger partial charge in [-0.3, -0.25) is 14.9 Å². The van der Waals surface area contributed by atoms with Gasteiger partial charge < -0.3 is 10.2 Å². The van der Waals surface area contributed by atoms with Crippen LogP contribution in [-0.2, 0) is 4.79 Å². The highest BCUT2D eigenvalue weighted by molar-refractivity contribution is 5.83. The quantitative estimate of drug-likeness (QED) is 0.691. The topological polar surface area (TPSA) is 88.4 Å². The van der Waals surface area contributed by atoms with Crippen LogP contribution in [0, 0.1) is 10.1 Å². The molecule has 2 heterocycles. The summed E-state index contributed by atoms with van der Waals surface area (Å²) in [5.41, 5.74) is 0.755. The number of nitro groups is 1. The molecule has 1 N–H and O–H groups in total. The average molecular weight is 312 g/mol. The second kappa shape index (κ2) is 5.19. The van der Waals surface area contributed by atoms with Gasteiger partial charge in [-0.05, 0) is 31.0 Å². The molecule has 1 saturated heterocycles. The molecule has 7 nitrogen and oxygen atoms in total. The molecule has 1 atom stereocenters. The Kier molecular flexibility index (Phi) is 3.14. The first-order valence-corrected chi connectivity index (χ1v) is 7.71. The second-order valence-corrected chi connectivity index (χ2v) is 6.15. The van der Waals surface area contributed by atoms with E-state index in [1.807, 2.05) is 11.0 Å². The number of fused-ring (bicyclic) bond motifs is 1. The standard InChI is InChI=1S/C16H16N4O3/c21-16-8-11(9-19(16)12-2-3-12)17-15-6-1-10-7-13(20(22)23)4-5-14(10)18-15/h1,4-7,11-12H,2-3,8-9H2,(H,17,18). The molecule has 1 unspecified atom stereocenters. The number of nitrogens with one attached hydrogen (secondary N) is 1. The molecule has 2 aliphatic rings. The Morgan fingerprint density at radius 3 is 2.83 bits per heavy atom. The zero-order valence-electron chi connectivity index (χ0n) is 12.4. The van der Waals surface area contributed by atoms with Gasteiger partial charge in [-0.1, -0.05) is 0 Å². The van der Waals surface area contributed by atoms with E-state index in [9.17, 15) is 14.9 Å². The van der Waals surface area contributed by atoms with E-state index in [0.29, 0.717) is 23.8 Å². The van der Waals surface area contributed by atoms with Crippen LogP contribution in [0.1, 0.15) is 19.3 Å². The molecule has 1 saturated carbocycles. The monoisotopic (exact) mass is 312 g/mol. The van der Waals surface area contributed by atoms with Crippen LogP contribution in [0.2, 0.25) is 0 Å². The van der Waals surface area contributed by atoms with Gasteiger partial charge in [0.15, 0.2) is 0 Å². The maximum Gasteiger partial charge on any atom is 0.270 e. The van der Waals surface area contributed by atoms with E-state index in [1.165, 1.54) is 12.1 Å². The summed E-state index contributed by atoms with van der Waals surface area (Å²) in [5, 5.41) is 14.8. The summed E-state index contributed by atoms with van der Waals surface area (Å²) in [6.07, 6.45) is 2.73. The number of rotatable bonds is 4. The fourth-order valence-corrected chi connectivity index (χ4v) is 3.08. The Hall–Kier alpha value is -2.70. The van der Waals surface area contributed by atoms with Crippen molar-refractivity contribution in [2.75, 3.05) is 11.9 Å². The van der Waals surface area contributed by atoms with Crippen molar-refractivity contribution in [3.8, 4) is 0 Å². The van der Waals surface area contributed by atoms with Gasteiger partial charge in [-0.25, -0.2) is 4.98 Å². The Morgan fingerprint density at radius 2 is 2.09 bits per heavy atom. The zero-order valence-corrected chi connectivity index (χ0v) is 12.4. The first-order chi connectivity index (χ1) is 11.1. The number of nitrogens with zero attached hydrogens (tertiary/aromatic N) is 3. The van der Waals surface area contributed by atoms with E-state index >= 15 is 0 Å². The first kappa shape index (κ1) is 13.9. The fourth-order valence-electron chi connectivity index (χ4n) is 3.08. The van der Waals surface area contributed by atoms with Crippen LogP contribution in [0.3, 0.4) is 0 Å². The molecule has 2 aromatic rings. The number of non-ortho nitro benzene ring substituents is 1. The average Bonchev–Trinajstić information content (AvgIpc) is 3.30. The smallest absolute Gasteiger partial charge is 0.270 e. The zero-order chi connectivity index (χ0) is 16.0. The van der Waals surface area contributed by atoms with Gasteiger partial charge in [0.2, 0.25) is 5.91 Å². The molecule has 2 fully saturated rings. The predicted molar refractivity (Wildman–Crippen MR) is 85.2 cm³/mol. The molecule has 118 valence electrons. The molecule has 0 spiro atoms. The van der Waals surface area contributed by atoms with Crippen LogP contribution in [0.4, 0.5) is 11.5 Å². The van der Waals surface area contributed by atoms with E-state index in [2.05, 4.69) is 10.3 Å². The number of carbonyl (C=O) groups is 1. The van der Waals surface area contributed by atoms with Crippen LogP contribution in [-0.4, -0.2) is 39.3 Å². The molecular weight excluding hydrogens is 296 g/mol. The number of likely N-dealkylation sites (tertiary alicyclic amines) is 1. The summed E-state index contributed by atoms with van der Waals surface area (Å²) >= 11 is 0. The molecule has 0 radical (unpaired) electrons. The molecule has 23 heavy (non-hydrogen) atoms. The van der Waals surface area contributed by atoms with E-state index in [-0.39, 0.29) is 17.6 Å². The maximum atomic E-state index is 12.0.